The molecular weight excluding hydrogens is 336 g/mol. The van der Waals surface area contributed by atoms with Crippen LogP contribution < -0.4 is 5.32 Å². The van der Waals surface area contributed by atoms with Gasteiger partial charge in [0.05, 0.1) is 11.1 Å². The first-order valence-corrected chi connectivity index (χ1v) is 7.37. The third-order valence-corrected chi connectivity index (χ3v) is 3.66. The Hall–Kier alpha value is -1.95. The van der Waals surface area contributed by atoms with Crippen LogP contribution in [0.25, 0.3) is 0 Å². The number of nitrogens with zero attached hydrogens (tertiary/aromatic N) is 1. The number of hydrogen-bond acceptors (Lipinski definition) is 3. The van der Waals surface area contributed by atoms with Crippen LogP contribution >= 0.6 is 15.9 Å². The first-order valence-electron chi connectivity index (χ1n) is 6.58. The molecule has 0 aliphatic carbocycles. The second kappa shape index (κ2) is 6.67. The van der Waals surface area contributed by atoms with E-state index in [0.717, 1.165) is 4.47 Å². The van der Waals surface area contributed by atoms with Crippen LogP contribution in [0.1, 0.15) is 33.6 Å². The Bertz CT molecular complexity index is 613. The van der Waals surface area contributed by atoms with Crippen molar-refractivity contribution in [3.05, 3.63) is 46.5 Å². The first-order chi connectivity index (χ1) is 10.0. The standard InChI is InChI=1S/C15H15BrN2O3/c1-2-7-17-13(19)4-3-8-18-14(20)11-6-5-10(16)9-12(11)15(18)21/h2,5-6,9H,1,3-4,7-8H2,(H,17,19). The molecule has 0 atom stereocenters. The van der Waals surface area contributed by atoms with Crippen LogP contribution in [-0.2, 0) is 4.79 Å². The summed E-state index contributed by atoms with van der Waals surface area (Å²) in [5.41, 5.74) is 0.824. The second-order valence-electron chi connectivity index (χ2n) is 4.65. The molecule has 3 amide bonds. The minimum atomic E-state index is -0.303. The normalized spacial score (nSPS) is 13.3. The Morgan fingerprint density at radius 1 is 1.29 bits per heavy atom. The highest BCUT2D eigenvalue weighted by Gasteiger charge is 2.35. The molecule has 5 nitrogen and oxygen atoms in total. The lowest BCUT2D eigenvalue weighted by Crippen LogP contribution is -2.32. The van der Waals surface area contributed by atoms with Crippen molar-refractivity contribution in [2.45, 2.75) is 12.8 Å². The SMILES string of the molecule is C=CCNC(=O)CCCN1C(=O)c2ccc(Br)cc2C1=O. The van der Waals surface area contributed by atoms with Gasteiger partial charge < -0.3 is 5.32 Å². The fourth-order valence-corrected chi connectivity index (χ4v) is 2.50. The molecule has 0 saturated heterocycles. The summed E-state index contributed by atoms with van der Waals surface area (Å²) in [6.07, 6.45) is 2.31. The number of carbonyl (C=O) groups is 3. The van der Waals surface area contributed by atoms with E-state index in [1.54, 1.807) is 24.3 Å². The van der Waals surface area contributed by atoms with E-state index in [-0.39, 0.29) is 30.7 Å². The van der Waals surface area contributed by atoms with Gasteiger partial charge in [-0.3, -0.25) is 19.3 Å². The largest absolute Gasteiger partial charge is 0.353 e. The van der Waals surface area contributed by atoms with Gasteiger partial charge in [-0.25, -0.2) is 0 Å². The number of fused-ring (bicyclic) bond motifs is 1. The van der Waals surface area contributed by atoms with Crippen LogP contribution in [0.4, 0.5) is 0 Å². The van der Waals surface area contributed by atoms with Gasteiger partial charge in [0.2, 0.25) is 5.91 Å². The van der Waals surface area contributed by atoms with Gasteiger partial charge in [-0.2, -0.15) is 0 Å². The maximum absolute atomic E-state index is 12.2. The molecule has 1 N–H and O–H groups in total. The zero-order valence-corrected chi connectivity index (χ0v) is 13.0. The molecule has 1 aliphatic rings. The van der Waals surface area contributed by atoms with Crippen molar-refractivity contribution in [3.8, 4) is 0 Å². The van der Waals surface area contributed by atoms with Gasteiger partial charge >= 0.3 is 0 Å². The van der Waals surface area contributed by atoms with Gasteiger partial charge in [-0.05, 0) is 24.6 Å². The van der Waals surface area contributed by atoms with E-state index >= 15 is 0 Å². The number of amides is 3. The topological polar surface area (TPSA) is 66.5 Å². The summed E-state index contributed by atoms with van der Waals surface area (Å²) in [5, 5.41) is 2.65. The molecule has 1 aromatic carbocycles. The smallest absolute Gasteiger partial charge is 0.261 e. The zero-order chi connectivity index (χ0) is 15.4. The molecular formula is C15H15BrN2O3. The van der Waals surface area contributed by atoms with Gasteiger partial charge in [0.25, 0.3) is 11.8 Å². The number of hydrogen-bond donors (Lipinski definition) is 1. The Kier molecular flexibility index (Phi) is 4.90. The molecule has 1 aromatic rings. The van der Waals surface area contributed by atoms with Crippen molar-refractivity contribution >= 4 is 33.7 Å². The van der Waals surface area contributed by atoms with Crippen LogP contribution in [0.5, 0.6) is 0 Å². The number of nitrogens with one attached hydrogen (secondary N) is 1. The average molecular weight is 351 g/mol. The summed E-state index contributed by atoms with van der Waals surface area (Å²) in [7, 11) is 0. The fourth-order valence-electron chi connectivity index (χ4n) is 2.14. The molecule has 0 fully saturated rings. The highest BCUT2D eigenvalue weighted by Crippen LogP contribution is 2.26. The average Bonchev–Trinajstić information content (AvgIpc) is 2.69. The lowest BCUT2D eigenvalue weighted by atomic mass is 10.1. The van der Waals surface area contributed by atoms with Crippen molar-refractivity contribution in [1.29, 1.82) is 0 Å². The second-order valence-corrected chi connectivity index (χ2v) is 5.56. The van der Waals surface area contributed by atoms with E-state index in [1.807, 2.05) is 0 Å². The summed E-state index contributed by atoms with van der Waals surface area (Å²) in [6, 6.07) is 5.01. The van der Waals surface area contributed by atoms with Crippen LogP contribution in [-0.4, -0.2) is 35.7 Å². The summed E-state index contributed by atoms with van der Waals surface area (Å²) < 4.78 is 0.757. The summed E-state index contributed by atoms with van der Waals surface area (Å²) in [4.78, 5) is 37.0. The van der Waals surface area contributed by atoms with E-state index in [2.05, 4.69) is 27.8 Å². The molecule has 6 heteroatoms. The van der Waals surface area contributed by atoms with Crippen LogP contribution in [0.15, 0.2) is 35.3 Å². The lowest BCUT2D eigenvalue weighted by Gasteiger charge is -2.13. The maximum Gasteiger partial charge on any atom is 0.261 e. The van der Waals surface area contributed by atoms with Gasteiger partial charge in [0.15, 0.2) is 0 Å². The monoisotopic (exact) mass is 350 g/mol. The number of rotatable bonds is 6. The highest BCUT2D eigenvalue weighted by molar-refractivity contribution is 9.10. The van der Waals surface area contributed by atoms with E-state index in [1.165, 1.54) is 4.90 Å². The zero-order valence-electron chi connectivity index (χ0n) is 11.4. The molecule has 1 aliphatic heterocycles. The van der Waals surface area contributed by atoms with Gasteiger partial charge in [0, 0.05) is 24.0 Å². The Labute approximate surface area is 131 Å². The molecule has 21 heavy (non-hydrogen) atoms. The van der Waals surface area contributed by atoms with E-state index in [4.69, 9.17) is 0 Å². The predicted molar refractivity (Wildman–Crippen MR) is 81.9 cm³/mol. The van der Waals surface area contributed by atoms with Crippen molar-refractivity contribution in [1.82, 2.24) is 10.2 Å². The molecule has 0 saturated carbocycles. The molecule has 0 radical (unpaired) electrons. The Morgan fingerprint density at radius 2 is 2.00 bits per heavy atom. The molecule has 0 aromatic heterocycles. The van der Waals surface area contributed by atoms with Crippen molar-refractivity contribution in [2.75, 3.05) is 13.1 Å². The van der Waals surface area contributed by atoms with Crippen molar-refractivity contribution in [2.24, 2.45) is 0 Å². The minimum Gasteiger partial charge on any atom is -0.353 e. The predicted octanol–water partition coefficient (Wildman–Crippen LogP) is 2.13. The molecule has 110 valence electrons. The first kappa shape index (κ1) is 15.4. The summed E-state index contributed by atoms with van der Waals surface area (Å²) >= 11 is 3.28. The number of halogens is 1. The van der Waals surface area contributed by atoms with E-state index < -0.39 is 0 Å². The van der Waals surface area contributed by atoms with Crippen LogP contribution in [0.3, 0.4) is 0 Å². The lowest BCUT2D eigenvalue weighted by molar-refractivity contribution is -0.121. The Balaban J connectivity index is 1.94. The van der Waals surface area contributed by atoms with Gasteiger partial charge in [-0.15, -0.1) is 6.58 Å². The Morgan fingerprint density at radius 3 is 2.71 bits per heavy atom. The summed E-state index contributed by atoms with van der Waals surface area (Å²) in [5.74, 6) is -0.717. The maximum atomic E-state index is 12.2. The highest BCUT2D eigenvalue weighted by atomic mass is 79.9. The van der Waals surface area contributed by atoms with Gasteiger partial charge in [0.1, 0.15) is 0 Å². The van der Waals surface area contributed by atoms with Crippen molar-refractivity contribution < 1.29 is 14.4 Å². The number of benzene rings is 1. The van der Waals surface area contributed by atoms with E-state index in [9.17, 15) is 14.4 Å². The molecule has 0 spiro atoms. The van der Waals surface area contributed by atoms with Gasteiger partial charge in [-0.1, -0.05) is 22.0 Å². The minimum absolute atomic E-state index is 0.116. The molecule has 0 unspecified atom stereocenters. The summed E-state index contributed by atoms with van der Waals surface area (Å²) in [6.45, 7) is 4.17. The third-order valence-electron chi connectivity index (χ3n) is 3.16. The molecule has 0 bridgehead atoms. The third kappa shape index (κ3) is 3.39. The number of imide groups is 1. The molecule has 2 rings (SSSR count). The quantitative estimate of drug-likeness (QED) is 0.631. The number of carbonyl (C=O) groups excluding carboxylic acids is 3. The van der Waals surface area contributed by atoms with Crippen molar-refractivity contribution in [3.63, 3.8) is 0 Å². The van der Waals surface area contributed by atoms with Crippen LogP contribution in [0, 0.1) is 0 Å². The molecule has 1 heterocycles. The fraction of sp³-hybridized carbons (Fsp3) is 0.267. The van der Waals surface area contributed by atoms with Crippen LogP contribution in [0.2, 0.25) is 0 Å². The van der Waals surface area contributed by atoms with E-state index in [0.29, 0.717) is 24.1 Å².